The van der Waals surface area contributed by atoms with E-state index in [0.29, 0.717) is 17.6 Å². The first kappa shape index (κ1) is 22.1. The second-order valence-electron chi connectivity index (χ2n) is 9.40. The van der Waals surface area contributed by atoms with Crippen molar-refractivity contribution in [3.05, 3.63) is 133 Å². The molecule has 0 aliphatic rings. The molecule has 38 heavy (non-hydrogen) atoms. The summed E-state index contributed by atoms with van der Waals surface area (Å²) in [5.41, 5.74) is 7.75. The Morgan fingerprint density at radius 3 is 1.42 bits per heavy atom. The Hall–Kier alpha value is -5.09. The maximum atomic E-state index is 4.99. The van der Waals surface area contributed by atoms with Crippen LogP contribution in [-0.2, 0) is 0 Å². The fraction of sp³-hybridized carbons (Fsp3) is 0.0294. The molecule has 0 N–H and O–H groups in total. The van der Waals surface area contributed by atoms with Crippen LogP contribution in [0.1, 0.15) is 5.82 Å². The maximum absolute atomic E-state index is 4.99. The summed E-state index contributed by atoms with van der Waals surface area (Å²) in [6, 6.07) is 44.3. The number of benzene rings is 5. The van der Waals surface area contributed by atoms with Gasteiger partial charge in [0.25, 0.3) is 0 Å². The summed E-state index contributed by atoms with van der Waals surface area (Å²) < 4.78 is 2.19. The highest BCUT2D eigenvalue weighted by Gasteiger charge is 2.18. The zero-order chi connectivity index (χ0) is 25.5. The van der Waals surface area contributed by atoms with Crippen LogP contribution in [0.5, 0.6) is 0 Å². The van der Waals surface area contributed by atoms with E-state index in [0.717, 1.165) is 27.7 Å². The monoisotopic (exact) mass is 488 g/mol. The zero-order valence-electron chi connectivity index (χ0n) is 20.9. The molecular weight excluding hydrogens is 464 g/mol. The molecule has 0 bridgehead atoms. The van der Waals surface area contributed by atoms with Crippen LogP contribution in [0.4, 0.5) is 0 Å². The first-order valence-electron chi connectivity index (χ1n) is 12.7. The molecule has 5 aromatic carbocycles. The second kappa shape index (κ2) is 9.09. The van der Waals surface area contributed by atoms with E-state index in [4.69, 9.17) is 9.97 Å². The van der Waals surface area contributed by atoms with Gasteiger partial charge >= 0.3 is 0 Å². The molecule has 0 saturated heterocycles. The lowest BCUT2D eigenvalue weighted by atomic mass is 10.0. The molecule has 0 atom stereocenters. The number of fused-ring (bicyclic) bond motifs is 3. The molecule has 0 radical (unpaired) electrons. The number of aromatic nitrogens is 4. The van der Waals surface area contributed by atoms with Crippen LogP contribution in [0, 0.1) is 6.92 Å². The topological polar surface area (TPSA) is 43.6 Å². The Bertz CT molecular complexity index is 1810. The number of aryl methyl sites for hydroxylation is 1. The summed E-state index contributed by atoms with van der Waals surface area (Å²) in [5, 5.41) is 2.33. The van der Waals surface area contributed by atoms with Crippen molar-refractivity contribution < 1.29 is 0 Å². The summed E-state index contributed by atoms with van der Waals surface area (Å²) in [6.07, 6.45) is 0. The smallest absolute Gasteiger partial charge is 0.238 e. The lowest BCUT2D eigenvalue weighted by Gasteiger charge is -2.10. The van der Waals surface area contributed by atoms with Crippen LogP contribution in [0.15, 0.2) is 127 Å². The third-order valence-corrected chi connectivity index (χ3v) is 6.95. The van der Waals surface area contributed by atoms with Gasteiger partial charge in [0.15, 0.2) is 5.82 Å². The highest BCUT2D eigenvalue weighted by atomic mass is 15.2. The molecule has 0 amide bonds. The van der Waals surface area contributed by atoms with Gasteiger partial charge in [0, 0.05) is 16.3 Å². The third-order valence-electron chi connectivity index (χ3n) is 6.95. The van der Waals surface area contributed by atoms with Gasteiger partial charge in [-0.15, -0.1) is 0 Å². The Balaban J connectivity index is 1.54. The van der Waals surface area contributed by atoms with E-state index in [1.807, 2.05) is 49.4 Å². The number of nitrogens with zero attached hydrogens (tertiary/aromatic N) is 4. The van der Waals surface area contributed by atoms with Gasteiger partial charge < -0.3 is 0 Å². The fourth-order valence-electron chi connectivity index (χ4n) is 5.14. The SMILES string of the molecule is Cc1nc(-c2ccccc2)nc(-n2c3cc(-c4ccccc4)ccc3c3ccc(-c4ccccc4)cc32)n1. The molecule has 0 fully saturated rings. The van der Waals surface area contributed by atoms with Gasteiger partial charge in [-0.05, 0) is 41.3 Å². The highest BCUT2D eigenvalue weighted by Crippen LogP contribution is 2.36. The number of rotatable bonds is 4. The molecule has 2 heterocycles. The first-order chi connectivity index (χ1) is 18.7. The largest absolute Gasteiger partial charge is 0.278 e. The van der Waals surface area contributed by atoms with Crippen LogP contribution in [0.3, 0.4) is 0 Å². The van der Waals surface area contributed by atoms with Crippen LogP contribution in [0.2, 0.25) is 0 Å². The Morgan fingerprint density at radius 1 is 0.447 bits per heavy atom. The first-order valence-corrected chi connectivity index (χ1v) is 12.7. The van der Waals surface area contributed by atoms with E-state index < -0.39 is 0 Å². The number of hydrogen-bond acceptors (Lipinski definition) is 3. The van der Waals surface area contributed by atoms with Crippen molar-refractivity contribution in [2.24, 2.45) is 0 Å². The molecule has 0 spiro atoms. The molecule has 0 aliphatic heterocycles. The Labute approximate surface area is 220 Å². The Kier molecular flexibility index (Phi) is 5.30. The van der Waals surface area contributed by atoms with Gasteiger partial charge in [-0.25, -0.2) is 4.98 Å². The average Bonchev–Trinajstić information content (AvgIpc) is 3.31. The maximum Gasteiger partial charge on any atom is 0.238 e. The summed E-state index contributed by atoms with van der Waals surface area (Å²) in [7, 11) is 0. The van der Waals surface area contributed by atoms with Gasteiger partial charge in [0.1, 0.15) is 5.82 Å². The van der Waals surface area contributed by atoms with Crippen molar-refractivity contribution in [1.29, 1.82) is 0 Å². The summed E-state index contributed by atoms with van der Waals surface area (Å²) >= 11 is 0. The molecule has 4 heteroatoms. The molecule has 0 unspecified atom stereocenters. The van der Waals surface area contributed by atoms with Gasteiger partial charge in [0.2, 0.25) is 5.95 Å². The van der Waals surface area contributed by atoms with Crippen molar-refractivity contribution in [2.45, 2.75) is 6.92 Å². The Morgan fingerprint density at radius 2 is 0.921 bits per heavy atom. The standard InChI is InChI=1S/C34H24N4/c1-23-35-33(26-15-9-4-10-16-26)37-34(36-23)38-31-21-27(24-11-5-2-6-12-24)17-19-29(31)30-20-18-28(22-32(30)38)25-13-7-3-8-14-25/h2-22H,1H3. The van der Waals surface area contributed by atoms with Gasteiger partial charge in [-0.2, -0.15) is 9.97 Å². The summed E-state index contributed by atoms with van der Waals surface area (Å²) in [4.78, 5) is 14.5. The normalized spacial score (nSPS) is 11.3. The van der Waals surface area contributed by atoms with Crippen LogP contribution in [-0.4, -0.2) is 19.5 Å². The van der Waals surface area contributed by atoms with E-state index in [2.05, 4.69) is 94.5 Å². The minimum Gasteiger partial charge on any atom is -0.278 e. The predicted octanol–water partition coefficient (Wildman–Crippen LogP) is 8.28. The van der Waals surface area contributed by atoms with Crippen molar-refractivity contribution in [2.75, 3.05) is 0 Å². The summed E-state index contributed by atoms with van der Waals surface area (Å²) in [5.74, 6) is 1.97. The lowest BCUT2D eigenvalue weighted by Crippen LogP contribution is -2.06. The average molecular weight is 489 g/mol. The quantitative estimate of drug-likeness (QED) is 0.250. The van der Waals surface area contributed by atoms with E-state index >= 15 is 0 Å². The predicted molar refractivity (Wildman–Crippen MR) is 155 cm³/mol. The van der Waals surface area contributed by atoms with E-state index in [-0.39, 0.29) is 0 Å². The van der Waals surface area contributed by atoms with Crippen molar-refractivity contribution in [3.8, 4) is 39.6 Å². The fourth-order valence-corrected chi connectivity index (χ4v) is 5.14. The molecule has 7 rings (SSSR count). The second-order valence-corrected chi connectivity index (χ2v) is 9.40. The molecule has 0 aliphatic carbocycles. The van der Waals surface area contributed by atoms with Gasteiger partial charge in [-0.3, -0.25) is 4.57 Å². The molecular formula is C34H24N4. The van der Waals surface area contributed by atoms with Crippen LogP contribution in [0.25, 0.3) is 61.4 Å². The zero-order valence-corrected chi connectivity index (χ0v) is 20.9. The van der Waals surface area contributed by atoms with Gasteiger partial charge in [0.05, 0.1) is 11.0 Å². The van der Waals surface area contributed by atoms with Crippen molar-refractivity contribution in [1.82, 2.24) is 19.5 Å². The third kappa shape index (κ3) is 3.84. The van der Waals surface area contributed by atoms with E-state index in [1.165, 1.54) is 21.9 Å². The molecule has 7 aromatic rings. The van der Waals surface area contributed by atoms with Crippen LogP contribution >= 0.6 is 0 Å². The van der Waals surface area contributed by atoms with Crippen LogP contribution < -0.4 is 0 Å². The lowest BCUT2D eigenvalue weighted by molar-refractivity contribution is 0.907. The molecule has 180 valence electrons. The van der Waals surface area contributed by atoms with E-state index in [1.54, 1.807) is 0 Å². The van der Waals surface area contributed by atoms with Gasteiger partial charge in [-0.1, -0.05) is 115 Å². The van der Waals surface area contributed by atoms with Crippen molar-refractivity contribution in [3.63, 3.8) is 0 Å². The molecule has 2 aromatic heterocycles. The molecule has 0 saturated carbocycles. The minimum atomic E-state index is 0.617. The minimum absolute atomic E-state index is 0.617. The van der Waals surface area contributed by atoms with E-state index in [9.17, 15) is 0 Å². The number of hydrogen-bond donors (Lipinski definition) is 0. The van der Waals surface area contributed by atoms with Crippen molar-refractivity contribution >= 4 is 21.8 Å². The summed E-state index contributed by atoms with van der Waals surface area (Å²) in [6.45, 7) is 1.93. The molecule has 4 nitrogen and oxygen atoms in total. The highest BCUT2D eigenvalue weighted by molar-refractivity contribution is 6.11.